The van der Waals surface area contributed by atoms with Crippen LogP contribution in [0.5, 0.6) is 0 Å². The predicted octanol–water partition coefficient (Wildman–Crippen LogP) is -0.421. The third-order valence-electron chi connectivity index (χ3n) is 3.15. The van der Waals surface area contributed by atoms with Gasteiger partial charge in [0.2, 0.25) is 11.8 Å². The summed E-state index contributed by atoms with van der Waals surface area (Å²) in [6, 6.07) is -0.449. The number of carbonyl (C=O) groups excluding carboxylic acids is 2. The van der Waals surface area contributed by atoms with Crippen molar-refractivity contribution >= 4 is 11.8 Å². The molecule has 2 N–H and O–H groups in total. The minimum atomic E-state index is -0.449. The summed E-state index contributed by atoms with van der Waals surface area (Å²) in [5, 5.41) is 5.83. The zero-order valence-electron chi connectivity index (χ0n) is 10.5. The minimum absolute atomic E-state index is 0.0448. The van der Waals surface area contributed by atoms with Crippen molar-refractivity contribution in [1.82, 2.24) is 15.5 Å². The van der Waals surface area contributed by atoms with Gasteiger partial charge in [0, 0.05) is 26.7 Å². The van der Waals surface area contributed by atoms with Crippen molar-refractivity contribution in [2.45, 2.75) is 26.8 Å². The zero-order valence-corrected chi connectivity index (χ0v) is 10.5. The number of rotatable bonds is 4. The highest BCUT2D eigenvalue weighted by atomic mass is 16.2. The first-order valence-corrected chi connectivity index (χ1v) is 5.67. The Morgan fingerprint density at radius 1 is 1.50 bits per heavy atom. The summed E-state index contributed by atoms with van der Waals surface area (Å²) in [5.41, 5.74) is -0.348. The second-order valence-corrected chi connectivity index (χ2v) is 4.71. The van der Waals surface area contributed by atoms with Crippen molar-refractivity contribution in [2.24, 2.45) is 5.41 Å². The van der Waals surface area contributed by atoms with Crippen LogP contribution < -0.4 is 10.6 Å². The van der Waals surface area contributed by atoms with Crippen molar-refractivity contribution in [3.63, 3.8) is 0 Å². The SMILES string of the molecule is CCN(C)C(=O)C(C)NC(=O)C1(C)CNC1. The van der Waals surface area contributed by atoms with Crippen molar-refractivity contribution in [1.29, 1.82) is 0 Å². The van der Waals surface area contributed by atoms with Crippen molar-refractivity contribution in [3.8, 4) is 0 Å². The van der Waals surface area contributed by atoms with Crippen molar-refractivity contribution in [2.75, 3.05) is 26.7 Å². The van der Waals surface area contributed by atoms with Gasteiger partial charge in [-0.25, -0.2) is 0 Å². The van der Waals surface area contributed by atoms with Gasteiger partial charge in [-0.2, -0.15) is 0 Å². The van der Waals surface area contributed by atoms with Crippen LogP contribution in [0.2, 0.25) is 0 Å². The number of likely N-dealkylation sites (N-methyl/N-ethyl adjacent to an activating group) is 1. The van der Waals surface area contributed by atoms with Gasteiger partial charge in [0.05, 0.1) is 5.41 Å². The first-order chi connectivity index (χ1) is 7.40. The van der Waals surface area contributed by atoms with E-state index in [2.05, 4.69) is 10.6 Å². The molecule has 5 heteroatoms. The number of carbonyl (C=O) groups is 2. The fourth-order valence-corrected chi connectivity index (χ4v) is 1.58. The molecule has 0 bridgehead atoms. The van der Waals surface area contributed by atoms with E-state index in [0.717, 1.165) is 0 Å². The van der Waals surface area contributed by atoms with Gasteiger partial charge in [0.1, 0.15) is 6.04 Å². The molecule has 2 amide bonds. The third-order valence-corrected chi connectivity index (χ3v) is 3.15. The molecule has 0 radical (unpaired) electrons. The van der Waals surface area contributed by atoms with Crippen LogP contribution in [-0.2, 0) is 9.59 Å². The average Bonchev–Trinajstić information content (AvgIpc) is 2.23. The molecule has 1 unspecified atom stereocenters. The second-order valence-electron chi connectivity index (χ2n) is 4.71. The van der Waals surface area contributed by atoms with Gasteiger partial charge in [-0.3, -0.25) is 9.59 Å². The lowest BCUT2D eigenvalue weighted by Crippen LogP contribution is -2.61. The molecule has 0 aliphatic carbocycles. The van der Waals surface area contributed by atoms with Gasteiger partial charge < -0.3 is 15.5 Å². The topological polar surface area (TPSA) is 61.4 Å². The van der Waals surface area contributed by atoms with Gasteiger partial charge in [0.15, 0.2) is 0 Å². The van der Waals surface area contributed by atoms with Crippen LogP contribution in [-0.4, -0.2) is 49.4 Å². The van der Waals surface area contributed by atoms with E-state index >= 15 is 0 Å². The van der Waals surface area contributed by atoms with Crippen LogP contribution in [0, 0.1) is 5.41 Å². The first kappa shape index (κ1) is 13.0. The Morgan fingerprint density at radius 2 is 2.06 bits per heavy atom. The van der Waals surface area contributed by atoms with Crippen LogP contribution in [0.1, 0.15) is 20.8 Å². The summed E-state index contributed by atoms with van der Waals surface area (Å²) >= 11 is 0. The second kappa shape index (κ2) is 4.82. The predicted molar refractivity (Wildman–Crippen MR) is 61.9 cm³/mol. The molecule has 0 aromatic heterocycles. The average molecular weight is 227 g/mol. The van der Waals surface area contributed by atoms with Gasteiger partial charge in [0.25, 0.3) is 0 Å². The fourth-order valence-electron chi connectivity index (χ4n) is 1.58. The molecule has 1 aliphatic rings. The van der Waals surface area contributed by atoms with Crippen molar-refractivity contribution < 1.29 is 9.59 Å². The Labute approximate surface area is 96.6 Å². The highest BCUT2D eigenvalue weighted by Gasteiger charge is 2.40. The molecule has 0 aromatic rings. The van der Waals surface area contributed by atoms with Crippen LogP contribution in [0.25, 0.3) is 0 Å². The molecular weight excluding hydrogens is 206 g/mol. The van der Waals surface area contributed by atoms with Gasteiger partial charge in [-0.15, -0.1) is 0 Å². The highest BCUT2D eigenvalue weighted by Crippen LogP contribution is 2.21. The smallest absolute Gasteiger partial charge is 0.244 e. The van der Waals surface area contributed by atoms with Crippen LogP contribution >= 0.6 is 0 Å². The van der Waals surface area contributed by atoms with Gasteiger partial charge in [-0.05, 0) is 20.8 Å². The molecule has 1 saturated heterocycles. The molecule has 0 aromatic carbocycles. The number of nitrogens with one attached hydrogen (secondary N) is 2. The number of nitrogens with zero attached hydrogens (tertiary/aromatic N) is 1. The molecular formula is C11H21N3O2. The molecule has 1 aliphatic heterocycles. The van der Waals surface area contributed by atoms with Gasteiger partial charge >= 0.3 is 0 Å². The third kappa shape index (κ3) is 2.52. The molecule has 5 nitrogen and oxygen atoms in total. The Hall–Kier alpha value is -1.10. The Morgan fingerprint density at radius 3 is 2.44 bits per heavy atom. The minimum Gasteiger partial charge on any atom is -0.344 e. The normalized spacial score (nSPS) is 19.5. The number of hydrogen-bond donors (Lipinski definition) is 2. The van der Waals surface area contributed by atoms with E-state index in [1.54, 1.807) is 18.9 Å². The Bertz CT molecular complexity index is 287. The van der Waals surface area contributed by atoms with E-state index < -0.39 is 6.04 Å². The van der Waals surface area contributed by atoms with E-state index in [-0.39, 0.29) is 17.2 Å². The fraction of sp³-hybridized carbons (Fsp3) is 0.818. The zero-order chi connectivity index (χ0) is 12.3. The maximum absolute atomic E-state index is 11.9. The lowest BCUT2D eigenvalue weighted by Gasteiger charge is -2.38. The maximum Gasteiger partial charge on any atom is 0.244 e. The summed E-state index contributed by atoms with van der Waals surface area (Å²) in [5.74, 6) is -0.0941. The number of hydrogen-bond acceptors (Lipinski definition) is 3. The number of amides is 2. The first-order valence-electron chi connectivity index (χ1n) is 5.67. The summed E-state index contributed by atoms with van der Waals surface area (Å²) in [7, 11) is 1.73. The lowest BCUT2D eigenvalue weighted by atomic mass is 9.83. The molecule has 1 heterocycles. The van der Waals surface area contributed by atoms with Crippen LogP contribution in [0.3, 0.4) is 0 Å². The van der Waals surface area contributed by atoms with E-state index in [1.165, 1.54) is 0 Å². The Balaban J connectivity index is 2.47. The maximum atomic E-state index is 11.9. The van der Waals surface area contributed by atoms with Gasteiger partial charge in [-0.1, -0.05) is 0 Å². The molecule has 0 saturated carbocycles. The molecule has 1 fully saturated rings. The lowest BCUT2D eigenvalue weighted by molar-refractivity contribution is -0.139. The van der Waals surface area contributed by atoms with E-state index in [1.807, 2.05) is 13.8 Å². The van der Waals surface area contributed by atoms with E-state index in [9.17, 15) is 9.59 Å². The molecule has 0 spiro atoms. The molecule has 16 heavy (non-hydrogen) atoms. The summed E-state index contributed by atoms with van der Waals surface area (Å²) < 4.78 is 0. The van der Waals surface area contributed by atoms with E-state index in [4.69, 9.17) is 0 Å². The molecule has 92 valence electrons. The molecule has 1 rings (SSSR count). The monoisotopic (exact) mass is 227 g/mol. The highest BCUT2D eigenvalue weighted by molar-refractivity contribution is 5.90. The van der Waals surface area contributed by atoms with Crippen LogP contribution in [0.15, 0.2) is 0 Å². The Kier molecular flexibility index (Phi) is 3.91. The summed E-state index contributed by atoms with van der Waals surface area (Å²) in [6.45, 7) is 7.55. The quantitative estimate of drug-likeness (QED) is 0.685. The molecule has 1 atom stereocenters. The summed E-state index contributed by atoms with van der Waals surface area (Å²) in [4.78, 5) is 25.2. The van der Waals surface area contributed by atoms with Crippen molar-refractivity contribution in [3.05, 3.63) is 0 Å². The van der Waals surface area contributed by atoms with Crippen LogP contribution in [0.4, 0.5) is 0 Å². The van der Waals surface area contributed by atoms with E-state index in [0.29, 0.717) is 19.6 Å². The standard InChI is InChI=1S/C11H21N3O2/c1-5-14(4)9(15)8(2)13-10(16)11(3)6-12-7-11/h8,12H,5-7H2,1-4H3,(H,13,16). The summed E-state index contributed by atoms with van der Waals surface area (Å²) in [6.07, 6.45) is 0. The largest absolute Gasteiger partial charge is 0.344 e.